The molecular formula is C17H23F2N. The van der Waals surface area contributed by atoms with Crippen LogP contribution in [0, 0.1) is 29.4 Å². The Morgan fingerprint density at radius 1 is 1.20 bits per heavy atom. The lowest BCUT2D eigenvalue weighted by Crippen LogP contribution is -2.26. The quantitative estimate of drug-likeness (QED) is 0.840. The molecule has 0 aromatic heterocycles. The van der Waals surface area contributed by atoms with Gasteiger partial charge in [0.25, 0.3) is 0 Å². The lowest BCUT2D eigenvalue weighted by molar-refractivity contribution is 0.424. The van der Waals surface area contributed by atoms with E-state index in [-0.39, 0.29) is 17.7 Å². The molecule has 0 amide bonds. The fourth-order valence-electron chi connectivity index (χ4n) is 4.05. The van der Waals surface area contributed by atoms with Crippen LogP contribution in [0.2, 0.25) is 0 Å². The first-order chi connectivity index (χ1) is 9.72. The maximum Gasteiger partial charge on any atom is 0.128 e. The van der Waals surface area contributed by atoms with Crippen molar-refractivity contribution in [2.24, 2.45) is 17.8 Å². The Morgan fingerprint density at radius 2 is 1.90 bits per heavy atom. The van der Waals surface area contributed by atoms with Crippen LogP contribution in [0.25, 0.3) is 0 Å². The lowest BCUT2D eigenvalue weighted by atomic mass is 9.98. The molecule has 1 aromatic rings. The van der Waals surface area contributed by atoms with Crippen molar-refractivity contribution < 1.29 is 8.78 Å². The molecule has 1 aromatic carbocycles. The maximum atomic E-state index is 14.1. The Balaban J connectivity index is 1.84. The molecule has 0 saturated heterocycles. The SMILES string of the molecule is CCCNC(c1cc(F)ccc1F)C1C2CCCCC21. The molecule has 1 nitrogen and oxygen atoms in total. The number of benzene rings is 1. The molecule has 0 heterocycles. The smallest absolute Gasteiger partial charge is 0.128 e. The van der Waals surface area contributed by atoms with E-state index in [1.165, 1.54) is 43.9 Å². The van der Waals surface area contributed by atoms with Gasteiger partial charge in [0.05, 0.1) is 0 Å². The zero-order valence-electron chi connectivity index (χ0n) is 12.0. The van der Waals surface area contributed by atoms with Crippen LogP contribution in [0.5, 0.6) is 0 Å². The van der Waals surface area contributed by atoms with Gasteiger partial charge in [0.1, 0.15) is 11.6 Å². The molecule has 3 rings (SSSR count). The summed E-state index contributed by atoms with van der Waals surface area (Å²) < 4.78 is 27.6. The van der Waals surface area contributed by atoms with Gasteiger partial charge < -0.3 is 5.32 Å². The molecule has 3 atom stereocenters. The first-order valence-electron chi connectivity index (χ1n) is 7.90. The van der Waals surface area contributed by atoms with Gasteiger partial charge in [0, 0.05) is 11.6 Å². The Labute approximate surface area is 119 Å². The number of nitrogens with one attached hydrogen (secondary N) is 1. The van der Waals surface area contributed by atoms with Crippen molar-refractivity contribution in [3.8, 4) is 0 Å². The second-order valence-corrected chi connectivity index (χ2v) is 6.29. The Kier molecular flexibility index (Phi) is 4.06. The Hall–Kier alpha value is -0.960. The van der Waals surface area contributed by atoms with Gasteiger partial charge in [-0.3, -0.25) is 0 Å². The van der Waals surface area contributed by atoms with Gasteiger partial charge in [0.2, 0.25) is 0 Å². The summed E-state index contributed by atoms with van der Waals surface area (Å²) in [5, 5.41) is 3.47. The summed E-state index contributed by atoms with van der Waals surface area (Å²) in [7, 11) is 0. The predicted octanol–water partition coefficient (Wildman–Crippen LogP) is 4.44. The van der Waals surface area contributed by atoms with Gasteiger partial charge in [-0.2, -0.15) is 0 Å². The van der Waals surface area contributed by atoms with Crippen molar-refractivity contribution in [3.63, 3.8) is 0 Å². The number of hydrogen-bond acceptors (Lipinski definition) is 1. The zero-order chi connectivity index (χ0) is 14.1. The van der Waals surface area contributed by atoms with E-state index in [4.69, 9.17) is 0 Å². The fourth-order valence-corrected chi connectivity index (χ4v) is 4.05. The molecule has 110 valence electrons. The highest BCUT2D eigenvalue weighted by Crippen LogP contribution is 2.60. The van der Waals surface area contributed by atoms with Gasteiger partial charge in [-0.1, -0.05) is 19.8 Å². The highest BCUT2D eigenvalue weighted by Gasteiger charge is 2.54. The molecule has 0 bridgehead atoms. The molecule has 3 unspecified atom stereocenters. The van der Waals surface area contributed by atoms with Crippen molar-refractivity contribution in [1.82, 2.24) is 5.32 Å². The summed E-state index contributed by atoms with van der Waals surface area (Å²) in [6, 6.07) is 3.83. The highest BCUT2D eigenvalue weighted by molar-refractivity contribution is 5.26. The summed E-state index contributed by atoms with van der Waals surface area (Å²) in [5.74, 6) is 1.33. The van der Waals surface area contributed by atoms with E-state index in [0.717, 1.165) is 24.8 Å². The maximum absolute atomic E-state index is 14.1. The van der Waals surface area contributed by atoms with Crippen molar-refractivity contribution in [1.29, 1.82) is 0 Å². The first-order valence-corrected chi connectivity index (χ1v) is 7.90. The molecule has 2 aliphatic rings. The minimum Gasteiger partial charge on any atom is -0.310 e. The van der Waals surface area contributed by atoms with Crippen LogP contribution in [0.3, 0.4) is 0 Å². The highest BCUT2D eigenvalue weighted by atomic mass is 19.1. The second-order valence-electron chi connectivity index (χ2n) is 6.29. The van der Waals surface area contributed by atoms with E-state index >= 15 is 0 Å². The standard InChI is InChI=1S/C17H23F2N/c1-2-9-20-17(14-10-11(18)7-8-15(14)19)16-12-5-3-4-6-13(12)16/h7-8,10,12-13,16-17,20H,2-6,9H2,1H3. The monoisotopic (exact) mass is 279 g/mol. The minimum atomic E-state index is -0.340. The van der Waals surface area contributed by atoms with Crippen molar-refractivity contribution in [2.75, 3.05) is 6.54 Å². The van der Waals surface area contributed by atoms with Crippen LogP contribution < -0.4 is 5.32 Å². The predicted molar refractivity (Wildman–Crippen MR) is 76.3 cm³/mol. The normalized spacial score (nSPS) is 29.9. The van der Waals surface area contributed by atoms with Gasteiger partial charge in [0.15, 0.2) is 0 Å². The van der Waals surface area contributed by atoms with Gasteiger partial charge in [-0.25, -0.2) is 8.78 Å². The van der Waals surface area contributed by atoms with Crippen molar-refractivity contribution in [2.45, 2.75) is 45.1 Å². The van der Waals surface area contributed by atoms with Crippen LogP contribution in [-0.2, 0) is 0 Å². The number of rotatable bonds is 5. The van der Waals surface area contributed by atoms with Crippen LogP contribution >= 0.6 is 0 Å². The minimum absolute atomic E-state index is 0.0150. The molecule has 2 fully saturated rings. The van der Waals surface area contributed by atoms with Crippen LogP contribution in [-0.4, -0.2) is 6.54 Å². The van der Waals surface area contributed by atoms with E-state index in [2.05, 4.69) is 12.2 Å². The molecule has 0 radical (unpaired) electrons. The van der Waals surface area contributed by atoms with E-state index in [1.54, 1.807) is 0 Å². The molecule has 0 aliphatic heterocycles. The molecule has 20 heavy (non-hydrogen) atoms. The summed E-state index contributed by atoms with van der Waals surface area (Å²) in [4.78, 5) is 0. The molecule has 3 heteroatoms. The van der Waals surface area contributed by atoms with Crippen molar-refractivity contribution in [3.05, 3.63) is 35.4 Å². The van der Waals surface area contributed by atoms with E-state index < -0.39 is 0 Å². The van der Waals surface area contributed by atoms with Gasteiger partial charge in [-0.15, -0.1) is 0 Å². The van der Waals surface area contributed by atoms with Gasteiger partial charge >= 0.3 is 0 Å². The van der Waals surface area contributed by atoms with Crippen LogP contribution in [0.15, 0.2) is 18.2 Å². The lowest BCUT2D eigenvalue weighted by Gasteiger charge is -2.20. The molecule has 0 spiro atoms. The summed E-state index contributed by atoms with van der Waals surface area (Å²) in [5.41, 5.74) is 0.526. The van der Waals surface area contributed by atoms with Gasteiger partial charge in [-0.05, 0) is 61.8 Å². The molecule has 2 saturated carbocycles. The summed E-state index contributed by atoms with van der Waals surface area (Å²) in [6.45, 7) is 2.96. The molecule has 1 N–H and O–H groups in total. The van der Waals surface area contributed by atoms with E-state index in [0.29, 0.717) is 11.5 Å². The third-order valence-corrected chi connectivity index (χ3v) is 5.02. The third kappa shape index (κ3) is 2.60. The number of halogens is 2. The fraction of sp³-hybridized carbons (Fsp3) is 0.647. The number of fused-ring (bicyclic) bond motifs is 1. The molecule has 2 aliphatic carbocycles. The van der Waals surface area contributed by atoms with Crippen molar-refractivity contribution >= 4 is 0 Å². The summed E-state index contributed by atoms with van der Waals surface area (Å²) >= 11 is 0. The van der Waals surface area contributed by atoms with Crippen LogP contribution in [0.4, 0.5) is 8.78 Å². The van der Waals surface area contributed by atoms with E-state index in [9.17, 15) is 8.78 Å². The van der Waals surface area contributed by atoms with Crippen LogP contribution in [0.1, 0.15) is 50.6 Å². The summed E-state index contributed by atoms with van der Waals surface area (Å²) in [6.07, 6.45) is 6.12. The average molecular weight is 279 g/mol. The van der Waals surface area contributed by atoms with E-state index in [1.807, 2.05) is 0 Å². The first kappa shape index (κ1) is 14.0. The topological polar surface area (TPSA) is 12.0 Å². The second kappa shape index (κ2) is 5.80. The average Bonchev–Trinajstić information content (AvgIpc) is 3.17. The Bertz CT molecular complexity index is 462. The number of hydrogen-bond donors (Lipinski definition) is 1. The zero-order valence-corrected chi connectivity index (χ0v) is 12.0. The third-order valence-electron chi connectivity index (χ3n) is 5.02. The Morgan fingerprint density at radius 3 is 2.55 bits per heavy atom. The molecular weight excluding hydrogens is 256 g/mol. The largest absolute Gasteiger partial charge is 0.310 e.